The normalized spacial score (nSPS) is 13.3. The molecular formula is C8H10BrNOS. The van der Waals surface area contributed by atoms with E-state index in [-0.39, 0.29) is 5.25 Å². The van der Waals surface area contributed by atoms with Crippen LogP contribution in [0.15, 0.2) is 27.8 Å². The van der Waals surface area contributed by atoms with E-state index in [1.807, 2.05) is 19.9 Å². The first-order valence-electron chi connectivity index (χ1n) is 3.63. The molecule has 1 aromatic heterocycles. The molecule has 4 heteroatoms. The largest absolute Gasteiger partial charge is 0.252 e. The highest BCUT2D eigenvalue weighted by atomic mass is 79.9. The molecule has 0 amide bonds. The van der Waals surface area contributed by atoms with E-state index in [0.717, 1.165) is 4.47 Å². The lowest BCUT2D eigenvalue weighted by Gasteiger charge is -2.03. The molecule has 1 atom stereocenters. The van der Waals surface area contributed by atoms with Gasteiger partial charge in [0.2, 0.25) is 0 Å². The van der Waals surface area contributed by atoms with Crippen molar-refractivity contribution in [1.29, 1.82) is 0 Å². The first-order valence-corrected chi connectivity index (χ1v) is 5.64. The average Bonchev–Trinajstić information content (AvgIpc) is 2.04. The van der Waals surface area contributed by atoms with Gasteiger partial charge in [-0.15, -0.1) is 0 Å². The lowest BCUT2D eigenvalue weighted by atomic mass is 10.5. The van der Waals surface area contributed by atoms with Crippen molar-refractivity contribution in [2.24, 2.45) is 0 Å². The fraction of sp³-hybridized carbons (Fsp3) is 0.375. The summed E-state index contributed by atoms with van der Waals surface area (Å²) in [7, 11) is -0.975. The summed E-state index contributed by atoms with van der Waals surface area (Å²) in [5.74, 6) is 0. The maximum Gasteiger partial charge on any atom is 0.127 e. The van der Waals surface area contributed by atoms with E-state index in [2.05, 4.69) is 20.9 Å². The summed E-state index contributed by atoms with van der Waals surface area (Å²) >= 11 is 3.27. The maximum atomic E-state index is 11.5. The fourth-order valence-electron chi connectivity index (χ4n) is 0.723. The average molecular weight is 248 g/mol. The Labute approximate surface area is 83.0 Å². The Morgan fingerprint density at radius 1 is 1.50 bits per heavy atom. The van der Waals surface area contributed by atoms with Crippen LogP contribution in [0.25, 0.3) is 0 Å². The summed E-state index contributed by atoms with van der Waals surface area (Å²) in [6.45, 7) is 3.83. The number of halogens is 1. The van der Waals surface area contributed by atoms with Crippen molar-refractivity contribution in [2.75, 3.05) is 0 Å². The molecule has 66 valence electrons. The van der Waals surface area contributed by atoms with Gasteiger partial charge in [-0.25, -0.2) is 4.98 Å². The van der Waals surface area contributed by atoms with Crippen molar-refractivity contribution in [2.45, 2.75) is 24.1 Å². The molecule has 0 radical (unpaired) electrons. The van der Waals surface area contributed by atoms with Gasteiger partial charge in [0.05, 0.1) is 10.8 Å². The van der Waals surface area contributed by atoms with Crippen molar-refractivity contribution in [1.82, 2.24) is 4.98 Å². The third-order valence-corrected chi connectivity index (χ3v) is 3.31. The molecule has 0 aromatic carbocycles. The van der Waals surface area contributed by atoms with Crippen molar-refractivity contribution in [3.63, 3.8) is 0 Å². The molecule has 1 unspecified atom stereocenters. The Balaban J connectivity index is 2.90. The molecule has 0 aliphatic rings. The first kappa shape index (κ1) is 9.86. The molecular weight excluding hydrogens is 238 g/mol. The molecule has 0 N–H and O–H groups in total. The van der Waals surface area contributed by atoms with E-state index >= 15 is 0 Å². The summed E-state index contributed by atoms with van der Waals surface area (Å²) in [5, 5.41) is 0.770. The Kier molecular flexibility index (Phi) is 3.40. The van der Waals surface area contributed by atoms with E-state index in [0.29, 0.717) is 5.03 Å². The zero-order valence-electron chi connectivity index (χ0n) is 6.95. The molecule has 0 saturated carbocycles. The molecule has 0 saturated heterocycles. The Bertz CT molecular complexity index is 284. The molecule has 0 aliphatic carbocycles. The van der Waals surface area contributed by atoms with Gasteiger partial charge in [0.25, 0.3) is 0 Å². The molecule has 1 rings (SSSR count). The van der Waals surface area contributed by atoms with Crippen molar-refractivity contribution in [3.8, 4) is 0 Å². The number of nitrogens with zero attached hydrogens (tertiary/aromatic N) is 1. The molecule has 12 heavy (non-hydrogen) atoms. The van der Waals surface area contributed by atoms with Gasteiger partial charge >= 0.3 is 0 Å². The van der Waals surface area contributed by atoms with Crippen LogP contribution in [0.1, 0.15) is 13.8 Å². The summed E-state index contributed by atoms with van der Waals surface area (Å²) in [6, 6.07) is 3.63. The minimum absolute atomic E-state index is 0.124. The number of hydrogen-bond acceptors (Lipinski definition) is 2. The molecule has 2 nitrogen and oxygen atoms in total. The second-order valence-electron chi connectivity index (χ2n) is 2.66. The van der Waals surface area contributed by atoms with Gasteiger partial charge in [-0.3, -0.25) is 4.21 Å². The third kappa shape index (κ3) is 2.38. The van der Waals surface area contributed by atoms with Crippen LogP contribution < -0.4 is 0 Å². The van der Waals surface area contributed by atoms with Gasteiger partial charge in [0.1, 0.15) is 5.03 Å². The second-order valence-corrected chi connectivity index (χ2v) is 5.53. The minimum atomic E-state index is -0.975. The predicted molar refractivity (Wildman–Crippen MR) is 53.5 cm³/mol. The van der Waals surface area contributed by atoms with Crippen molar-refractivity contribution >= 4 is 26.7 Å². The monoisotopic (exact) mass is 247 g/mol. The van der Waals surface area contributed by atoms with Crippen LogP contribution in [-0.2, 0) is 10.8 Å². The van der Waals surface area contributed by atoms with E-state index in [1.165, 1.54) is 0 Å². The van der Waals surface area contributed by atoms with Gasteiger partial charge in [0, 0.05) is 15.9 Å². The number of pyridine rings is 1. The summed E-state index contributed by atoms with van der Waals surface area (Å²) < 4.78 is 12.4. The molecule has 0 fully saturated rings. The van der Waals surface area contributed by atoms with E-state index in [4.69, 9.17) is 0 Å². The minimum Gasteiger partial charge on any atom is -0.252 e. The Morgan fingerprint density at radius 3 is 2.58 bits per heavy atom. The molecule has 0 bridgehead atoms. The second kappa shape index (κ2) is 4.14. The zero-order chi connectivity index (χ0) is 9.14. The maximum absolute atomic E-state index is 11.5. The molecule has 1 heterocycles. The van der Waals surface area contributed by atoms with Crippen LogP contribution in [0, 0.1) is 0 Å². The third-order valence-electron chi connectivity index (χ3n) is 1.33. The topological polar surface area (TPSA) is 30.0 Å². The van der Waals surface area contributed by atoms with Gasteiger partial charge in [0.15, 0.2) is 0 Å². The predicted octanol–water partition coefficient (Wildman–Crippen LogP) is 2.36. The van der Waals surface area contributed by atoms with Gasteiger partial charge in [-0.2, -0.15) is 0 Å². The lowest BCUT2D eigenvalue weighted by molar-refractivity contribution is 0.673. The molecule has 0 aliphatic heterocycles. The zero-order valence-corrected chi connectivity index (χ0v) is 9.35. The number of aromatic nitrogens is 1. The Morgan fingerprint density at radius 2 is 2.17 bits per heavy atom. The van der Waals surface area contributed by atoms with Gasteiger partial charge in [-0.1, -0.05) is 13.8 Å². The summed E-state index contributed by atoms with van der Waals surface area (Å²) in [4.78, 5) is 4.05. The molecule has 1 aromatic rings. The van der Waals surface area contributed by atoms with Crippen LogP contribution in [-0.4, -0.2) is 14.4 Å². The van der Waals surface area contributed by atoms with Crippen molar-refractivity contribution < 1.29 is 4.21 Å². The van der Waals surface area contributed by atoms with Crippen LogP contribution in [0.2, 0.25) is 0 Å². The van der Waals surface area contributed by atoms with E-state index in [1.54, 1.807) is 12.3 Å². The summed E-state index contributed by atoms with van der Waals surface area (Å²) in [5.41, 5.74) is 0. The number of rotatable bonds is 2. The fourth-order valence-corrected chi connectivity index (χ4v) is 1.80. The lowest BCUT2D eigenvalue weighted by Crippen LogP contribution is -2.06. The van der Waals surface area contributed by atoms with Crippen LogP contribution in [0.4, 0.5) is 0 Å². The van der Waals surface area contributed by atoms with Gasteiger partial charge in [-0.05, 0) is 28.1 Å². The van der Waals surface area contributed by atoms with Crippen LogP contribution in [0.3, 0.4) is 0 Å². The highest BCUT2D eigenvalue weighted by Gasteiger charge is 2.08. The highest BCUT2D eigenvalue weighted by molar-refractivity contribution is 9.10. The quantitative estimate of drug-likeness (QED) is 0.804. The van der Waals surface area contributed by atoms with Crippen LogP contribution in [0.5, 0.6) is 0 Å². The summed E-state index contributed by atoms with van der Waals surface area (Å²) in [6.07, 6.45) is 1.66. The highest BCUT2D eigenvalue weighted by Crippen LogP contribution is 2.12. The Hall–Kier alpha value is -0.220. The SMILES string of the molecule is CC(C)S(=O)c1ccc(Br)cn1. The van der Waals surface area contributed by atoms with Crippen LogP contribution >= 0.6 is 15.9 Å². The standard InChI is InChI=1S/C8H10BrNOS/c1-6(2)12(11)8-4-3-7(9)5-10-8/h3-6H,1-2H3. The molecule has 0 spiro atoms. The smallest absolute Gasteiger partial charge is 0.127 e. The van der Waals surface area contributed by atoms with Crippen molar-refractivity contribution in [3.05, 3.63) is 22.8 Å². The number of hydrogen-bond donors (Lipinski definition) is 0. The van der Waals surface area contributed by atoms with E-state index < -0.39 is 10.8 Å². The first-order chi connectivity index (χ1) is 5.61. The van der Waals surface area contributed by atoms with E-state index in [9.17, 15) is 4.21 Å². The van der Waals surface area contributed by atoms with Gasteiger partial charge < -0.3 is 0 Å².